The van der Waals surface area contributed by atoms with Crippen LogP contribution < -0.4 is 20.3 Å². The van der Waals surface area contributed by atoms with E-state index >= 15 is 0 Å². The highest BCUT2D eigenvalue weighted by Gasteiger charge is 2.39. The van der Waals surface area contributed by atoms with E-state index in [4.69, 9.17) is 16.3 Å². The van der Waals surface area contributed by atoms with Crippen molar-refractivity contribution in [2.45, 2.75) is 63.6 Å². The normalized spacial score (nSPS) is 19.4. The summed E-state index contributed by atoms with van der Waals surface area (Å²) < 4.78 is 5.90. The Morgan fingerprint density at radius 3 is 2.53 bits per heavy atom. The molecule has 0 spiro atoms. The van der Waals surface area contributed by atoms with Crippen LogP contribution in [0.3, 0.4) is 0 Å². The number of ketones is 1. The summed E-state index contributed by atoms with van der Waals surface area (Å²) in [5, 5.41) is 6.73. The number of carbonyl (C=O) groups is 5. The van der Waals surface area contributed by atoms with Gasteiger partial charge in [-0.15, -0.1) is 0 Å². The molecule has 0 bridgehead atoms. The first-order valence-corrected chi connectivity index (χ1v) is 21.7. The number of unbranched alkanes of at least 4 members (excludes halogenated alkanes) is 1. The fourth-order valence-electron chi connectivity index (χ4n) is 9.04. The number of fused-ring (bicyclic) bond motifs is 2. The van der Waals surface area contributed by atoms with Crippen molar-refractivity contribution in [1.82, 2.24) is 35.0 Å². The standard InChI is InChI=1S/C46H48ClN9O6/c47-37-24-33(62-32-8-2-1-3-9-32)12-14-35(37)42(59)36-25-48-43-41(36)44(50-28-49-43)51-30-7-6-18-55(27-30)40(58)10-4-5-17-53-19-21-54(22-20-53)31-11-13-34-29(23-31)26-56(46(34)61)38-15-16-39(57)52-45(38)60/h1-3,8-9,11-14,23-25,28,30,38H,4-7,10,15-22,26-27H2,(H,52,57,60)(H2,48,49,50,51)/t30-,38+/m1/s1. The van der Waals surface area contributed by atoms with E-state index in [-0.39, 0.29) is 41.0 Å². The first-order chi connectivity index (χ1) is 30.2. The minimum atomic E-state index is -0.622. The number of nitrogens with one attached hydrogen (secondary N) is 3. The highest BCUT2D eigenvalue weighted by atomic mass is 35.5. The van der Waals surface area contributed by atoms with Gasteiger partial charge in [0.1, 0.15) is 35.3 Å². The number of ether oxygens (including phenoxy) is 1. The van der Waals surface area contributed by atoms with Crippen LogP contribution in [-0.2, 0) is 20.9 Å². The number of halogens is 1. The maximum atomic E-state index is 13.9. The Bertz CT molecular complexity index is 2520. The number of hydrogen-bond acceptors (Lipinski definition) is 11. The number of para-hydroxylation sites is 1. The summed E-state index contributed by atoms with van der Waals surface area (Å²) in [5.74, 6) is 0.731. The second-order valence-electron chi connectivity index (χ2n) is 16.4. The second-order valence-corrected chi connectivity index (χ2v) is 16.8. The minimum Gasteiger partial charge on any atom is -0.457 e. The summed E-state index contributed by atoms with van der Waals surface area (Å²) in [7, 11) is 0. The van der Waals surface area contributed by atoms with Crippen molar-refractivity contribution in [3.63, 3.8) is 0 Å². The van der Waals surface area contributed by atoms with Gasteiger partial charge in [-0.2, -0.15) is 0 Å². The molecule has 4 aliphatic rings. The first-order valence-electron chi connectivity index (χ1n) is 21.4. The molecule has 320 valence electrons. The largest absolute Gasteiger partial charge is 0.457 e. The van der Waals surface area contributed by atoms with Crippen LogP contribution >= 0.6 is 11.6 Å². The second kappa shape index (κ2) is 18.0. The molecule has 2 atom stereocenters. The van der Waals surface area contributed by atoms with Gasteiger partial charge in [0.15, 0.2) is 5.78 Å². The van der Waals surface area contributed by atoms with E-state index in [9.17, 15) is 24.0 Å². The van der Waals surface area contributed by atoms with Gasteiger partial charge in [0, 0.05) is 93.8 Å². The zero-order valence-corrected chi connectivity index (χ0v) is 35.0. The number of rotatable bonds is 13. The summed E-state index contributed by atoms with van der Waals surface area (Å²) in [6.07, 6.45) is 7.60. The van der Waals surface area contributed by atoms with Gasteiger partial charge in [-0.1, -0.05) is 29.8 Å². The number of carbonyl (C=O) groups excluding carboxylic acids is 5. The molecule has 4 aliphatic heterocycles. The van der Waals surface area contributed by atoms with Gasteiger partial charge in [-0.25, -0.2) is 9.97 Å². The van der Waals surface area contributed by atoms with E-state index in [2.05, 4.69) is 41.5 Å². The molecule has 6 heterocycles. The molecule has 0 saturated carbocycles. The lowest BCUT2D eigenvalue weighted by Crippen LogP contribution is -2.52. The van der Waals surface area contributed by atoms with Crippen molar-refractivity contribution in [2.75, 3.05) is 56.0 Å². The number of imide groups is 1. The average Bonchev–Trinajstić information content (AvgIpc) is 3.87. The monoisotopic (exact) mass is 857 g/mol. The number of piperazine rings is 1. The lowest BCUT2D eigenvalue weighted by Gasteiger charge is -2.36. The van der Waals surface area contributed by atoms with E-state index in [1.807, 2.05) is 47.4 Å². The lowest BCUT2D eigenvalue weighted by atomic mass is 10.0. The number of piperidine rings is 2. The van der Waals surface area contributed by atoms with Gasteiger partial charge in [0.05, 0.1) is 16.0 Å². The molecule has 3 aromatic carbocycles. The predicted molar refractivity (Wildman–Crippen MR) is 234 cm³/mol. The Labute approximate surface area is 363 Å². The number of nitrogens with zero attached hydrogens (tertiary/aromatic N) is 6. The van der Waals surface area contributed by atoms with Crippen LogP contribution in [0.25, 0.3) is 11.0 Å². The maximum Gasteiger partial charge on any atom is 0.255 e. The highest BCUT2D eigenvalue weighted by Crippen LogP contribution is 2.33. The third-order valence-electron chi connectivity index (χ3n) is 12.4. The fraction of sp³-hybridized carbons (Fsp3) is 0.370. The van der Waals surface area contributed by atoms with Crippen molar-refractivity contribution in [1.29, 1.82) is 0 Å². The summed E-state index contributed by atoms with van der Waals surface area (Å²) >= 11 is 6.63. The van der Waals surface area contributed by atoms with Crippen molar-refractivity contribution in [3.05, 3.63) is 107 Å². The third kappa shape index (κ3) is 8.72. The first kappa shape index (κ1) is 41.1. The topological polar surface area (TPSA) is 173 Å². The van der Waals surface area contributed by atoms with Crippen LogP contribution in [0, 0.1) is 0 Å². The molecule has 0 radical (unpaired) electrons. The molecule has 4 amide bonds. The Morgan fingerprint density at radius 1 is 0.887 bits per heavy atom. The zero-order chi connectivity index (χ0) is 42.7. The summed E-state index contributed by atoms with van der Waals surface area (Å²) in [6.45, 7) is 6.05. The molecule has 3 fully saturated rings. The van der Waals surface area contributed by atoms with Crippen LogP contribution in [0.2, 0.25) is 5.02 Å². The number of H-pyrrole nitrogens is 1. The van der Waals surface area contributed by atoms with E-state index in [0.717, 1.165) is 69.7 Å². The molecule has 3 N–H and O–H groups in total. The number of anilines is 2. The van der Waals surface area contributed by atoms with Crippen LogP contribution in [0.1, 0.15) is 76.8 Å². The molecular weight excluding hydrogens is 810 g/mol. The smallest absolute Gasteiger partial charge is 0.255 e. The SMILES string of the molecule is O=C1CC[C@H](N2Cc3cc(N4CCN(CCCCC(=O)N5CCC[C@@H](Nc6ncnc7[nH]cc(C(=O)c8ccc(Oc9ccccc9)cc8Cl)c67)C5)CC4)ccc3C2=O)C(=O)N1. The van der Waals surface area contributed by atoms with Crippen molar-refractivity contribution >= 4 is 63.6 Å². The van der Waals surface area contributed by atoms with Gasteiger partial charge in [0.2, 0.25) is 17.7 Å². The molecule has 0 unspecified atom stereocenters. The van der Waals surface area contributed by atoms with E-state index in [0.29, 0.717) is 77.5 Å². The minimum absolute atomic E-state index is 0.0478. The summed E-state index contributed by atoms with van der Waals surface area (Å²) in [5.41, 5.74) is 3.84. The summed E-state index contributed by atoms with van der Waals surface area (Å²) in [6, 6.07) is 19.6. The predicted octanol–water partition coefficient (Wildman–Crippen LogP) is 5.79. The van der Waals surface area contributed by atoms with E-state index in [1.165, 1.54) is 6.33 Å². The van der Waals surface area contributed by atoms with Crippen molar-refractivity contribution in [3.8, 4) is 11.5 Å². The summed E-state index contributed by atoms with van der Waals surface area (Å²) in [4.78, 5) is 84.9. The molecule has 16 heteroatoms. The van der Waals surface area contributed by atoms with E-state index < -0.39 is 11.9 Å². The number of aromatic amines is 1. The molecular formula is C46H48ClN9O6. The van der Waals surface area contributed by atoms with Crippen molar-refractivity contribution < 1.29 is 28.7 Å². The Morgan fingerprint density at radius 2 is 1.73 bits per heavy atom. The van der Waals surface area contributed by atoms with Gasteiger partial charge < -0.3 is 29.7 Å². The van der Waals surface area contributed by atoms with Crippen LogP contribution in [0.5, 0.6) is 11.5 Å². The number of hydrogen-bond donors (Lipinski definition) is 3. The Hall–Kier alpha value is -6.32. The molecule has 9 rings (SSSR count). The molecule has 62 heavy (non-hydrogen) atoms. The van der Waals surface area contributed by atoms with Gasteiger partial charge in [-0.3, -0.25) is 34.2 Å². The third-order valence-corrected chi connectivity index (χ3v) is 12.7. The molecule has 3 saturated heterocycles. The van der Waals surface area contributed by atoms with Gasteiger partial charge in [-0.05, 0) is 86.7 Å². The zero-order valence-electron chi connectivity index (χ0n) is 34.3. The Balaban J connectivity index is 0.736. The van der Waals surface area contributed by atoms with Crippen LogP contribution in [-0.4, -0.2) is 117 Å². The fourth-order valence-corrected chi connectivity index (χ4v) is 9.29. The average molecular weight is 858 g/mol. The van der Waals surface area contributed by atoms with Crippen LogP contribution in [0.15, 0.2) is 79.3 Å². The number of likely N-dealkylation sites (tertiary alicyclic amines) is 1. The number of amides is 4. The quantitative estimate of drug-likeness (QED) is 0.0744. The molecule has 15 nitrogen and oxygen atoms in total. The Kier molecular flexibility index (Phi) is 11.9. The van der Waals surface area contributed by atoms with Crippen molar-refractivity contribution in [2.24, 2.45) is 0 Å². The van der Waals surface area contributed by atoms with Gasteiger partial charge in [0.25, 0.3) is 5.91 Å². The highest BCUT2D eigenvalue weighted by molar-refractivity contribution is 6.35. The van der Waals surface area contributed by atoms with Gasteiger partial charge >= 0.3 is 0 Å². The molecule has 5 aromatic rings. The maximum absolute atomic E-state index is 13.9. The van der Waals surface area contributed by atoms with E-state index in [1.54, 1.807) is 29.3 Å². The molecule has 0 aliphatic carbocycles. The molecule has 2 aromatic heterocycles. The lowest BCUT2D eigenvalue weighted by molar-refractivity contribution is -0.137. The number of aromatic nitrogens is 3. The number of benzene rings is 3. The van der Waals surface area contributed by atoms with Crippen LogP contribution in [0.4, 0.5) is 11.5 Å².